The van der Waals surface area contributed by atoms with Gasteiger partial charge in [0.2, 0.25) is 0 Å². The van der Waals surface area contributed by atoms with E-state index in [1.165, 1.54) is 50.0 Å². The molecule has 18 heavy (non-hydrogen) atoms. The van der Waals surface area contributed by atoms with E-state index in [0.717, 1.165) is 12.5 Å². The molecule has 1 aromatic carbocycles. The Morgan fingerprint density at radius 1 is 1.28 bits per heavy atom. The first-order chi connectivity index (χ1) is 8.74. The van der Waals surface area contributed by atoms with Crippen molar-refractivity contribution < 1.29 is 0 Å². The number of nitrogens with one attached hydrogen (secondary N) is 1. The molecule has 1 N–H and O–H groups in total. The molecule has 1 saturated heterocycles. The van der Waals surface area contributed by atoms with Gasteiger partial charge in [-0.3, -0.25) is 0 Å². The maximum absolute atomic E-state index is 3.44. The van der Waals surface area contributed by atoms with Crippen LogP contribution < -0.4 is 5.32 Å². The van der Waals surface area contributed by atoms with Crippen molar-refractivity contribution in [3.8, 4) is 0 Å². The molecule has 2 rings (SSSR count). The van der Waals surface area contributed by atoms with Crippen molar-refractivity contribution in [2.24, 2.45) is 5.92 Å². The highest BCUT2D eigenvalue weighted by Gasteiger charge is 2.13. The quantitative estimate of drug-likeness (QED) is 0.830. The third-order valence-corrected chi connectivity index (χ3v) is 3.89. The minimum Gasteiger partial charge on any atom is -0.316 e. The van der Waals surface area contributed by atoms with Crippen LogP contribution in [0.2, 0.25) is 0 Å². The average Bonchev–Trinajstić information content (AvgIpc) is 2.85. The van der Waals surface area contributed by atoms with Gasteiger partial charge in [0.1, 0.15) is 0 Å². The summed E-state index contributed by atoms with van der Waals surface area (Å²) in [5, 5.41) is 3.44. The predicted molar refractivity (Wildman–Crippen MR) is 77.7 cm³/mol. The summed E-state index contributed by atoms with van der Waals surface area (Å²) in [6, 6.07) is 8.89. The van der Waals surface area contributed by atoms with Crippen molar-refractivity contribution in [2.45, 2.75) is 32.7 Å². The lowest BCUT2D eigenvalue weighted by molar-refractivity contribution is 0.308. The van der Waals surface area contributed by atoms with E-state index in [1.807, 2.05) is 0 Å². The van der Waals surface area contributed by atoms with Crippen LogP contribution in [0, 0.1) is 12.8 Å². The Hall–Kier alpha value is -0.860. The van der Waals surface area contributed by atoms with Crippen LogP contribution in [-0.2, 0) is 6.54 Å². The molecular weight excluding hydrogens is 220 g/mol. The molecule has 0 aromatic heterocycles. The van der Waals surface area contributed by atoms with Gasteiger partial charge in [-0.1, -0.05) is 29.8 Å². The maximum atomic E-state index is 3.44. The topological polar surface area (TPSA) is 15.3 Å². The summed E-state index contributed by atoms with van der Waals surface area (Å²) >= 11 is 0. The van der Waals surface area contributed by atoms with Crippen LogP contribution >= 0.6 is 0 Å². The first kappa shape index (κ1) is 13.6. The van der Waals surface area contributed by atoms with Gasteiger partial charge < -0.3 is 10.2 Å². The minimum atomic E-state index is 0.928. The number of hydrogen-bond acceptors (Lipinski definition) is 2. The Kier molecular flexibility index (Phi) is 5.21. The Bertz CT molecular complexity index is 339. The lowest BCUT2D eigenvalue weighted by Crippen LogP contribution is -2.20. The number of benzene rings is 1. The second kappa shape index (κ2) is 6.91. The summed E-state index contributed by atoms with van der Waals surface area (Å²) in [6.07, 6.45) is 4.08. The van der Waals surface area contributed by atoms with Crippen molar-refractivity contribution in [3.05, 3.63) is 35.4 Å². The fourth-order valence-corrected chi connectivity index (χ4v) is 2.69. The third-order valence-electron chi connectivity index (χ3n) is 3.89. The minimum absolute atomic E-state index is 0.928. The van der Waals surface area contributed by atoms with E-state index in [2.05, 4.69) is 48.5 Å². The van der Waals surface area contributed by atoms with E-state index in [4.69, 9.17) is 0 Å². The molecule has 1 aliphatic rings. The standard InChI is InChI=1S/C16H26N2/c1-14-5-7-16(8-6-14)13-18(2)11-3-4-15-9-10-17-12-15/h5-8,15,17H,3-4,9-13H2,1-2H3. The van der Waals surface area contributed by atoms with Gasteiger partial charge in [-0.15, -0.1) is 0 Å². The first-order valence-electron chi connectivity index (χ1n) is 7.19. The molecule has 0 radical (unpaired) electrons. The highest BCUT2D eigenvalue weighted by molar-refractivity contribution is 5.21. The Labute approximate surface area is 111 Å². The molecule has 0 spiro atoms. The molecule has 0 saturated carbocycles. The lowest BCUT2D eigenvalue weighted by Gasteiger charge is -2.17. The highest BCUT2D eigenvalue weighted by Crippen LogP contribution is 2.15. The molecule has 0 bridgehead atoms. The van der Waals surface area contributed by atoms with Crippen LogP contribution in [0.15, 0.2) is 24.3 Å². The number of nitrogens with zero attached hydrogens (tertiary/aromatic N) is 1. The summed E-state index contributed by atoms with van der Waals surface area (Å²) in [7, 11) is 2.23. The van der Waals surface area contributed by atoms with Crippen LogP contribution in [0.3, 0.4) is 0 Å². The second-order valence-electron chi connectivity index (χ2n) is 5.72. The van der Waals surface area contributed by atoms with Gasteiger partial charge in [-0.25, -0.2) is 0 Å². The zero-order valence-electron chi connectivity index (χ0n) is 11.8. The molecule has 100 valence electrons. The summed E-state index contributed by atoms with van der Waals surface area (Å²) < 4.78 is 0. The summed E-state index contributed by atoms with van der Waals surface area (Å²) in [6.45, 7) is 6.89. The number of aryl methyl sites for hydroxylation is 1. The van der Waals surface area contributed by atoms with Gasteiger partial charge in [0.25, 0.3) is 0 Å². The predicted octanol–water partition coefficient (Wildman–Crippen LogP) is 2.82. The van der Waals surface area contributed by atoms with Crippen molar-refractivity contribution in [1.29, 1.82) is 0 Å². The second-order valence-corrected chi connectivity index (χ2v) is 5.72. The molecule has 1 aromatic rings. The fraction of sp³-hybridized carbons (Fsp3) is 0.625. The van der Waals surface area contributed by atoms with Crippen molar-refractivity contribution in [3.63, 3.8) is 0 Å². The van der Waals surface area contributed by atoms with Gasteiger partial charge in [0.05, 0.1) is 0 Å². The van der Waals surface area contributed by atoms with E-state index >= 15 is 0 Å². The third kappa shape index (κ3) is 4.43. The van der Waals surface area contributed by atoms with Crippen LogP contribution in [0.4, 0.5) is 0 Å². The van der Waals surface area contributed by atoms with E-state index in [1.54, 1.807) is 0 Å². The summed E-state index contributed by atoms with van der Waals surface area (Å²) in [4.78, 5) is 2.44. The molecule has 1 fully saturated rings. The van der Waals surface area contributed by atoms with E-state index in [9.17, 15) is 0 Å². The molecule has 1 aliphatic heterocycles. The van der Waals surface area contributed by atoms with Crippen LogP contribution in [0.25, 0.3) is 0 Å². The smallest absolute Gasteiger partial charge is 0.0230 e. The van der Waals surface area contributed by atoms with Crippen molar-refractivity contribution >= 4 is 0 Å². The molecule has 0 aliphatic carbocycles. The van der Waals surface area contributed by atoms with Crippen molar-refractivity contribution in [2.75, 3.05) is 26.7 Å². The molecule has 1 heterocycles. The van der Waals surface area contributed by atoms with Crippen LogP contribution in [0.1, 0.15) is 30.4 Å². The SMILES string of the molecule is Cc1ccc(CN(C)CCCC2CCNC2)cc1. The maximum Gasteiger partial charge on any atom is 0.0230 e. The molecule has 1 atom stereocenters. The van der Waals surface area contributed by atoms with Crippen molar-refractivity contribution in [1.82, 2.24) is 10.2 Å². The summed E-state index contributed by atoms with van der Waals surface area (Å²) in [5.74, 6) is 0.928. The van der Waals surface area contributed by atoms with E-state index in [-0.39, 0.29) is 0 Å². The Morgan fingerprint density at radius 2 is 2.06 bits per heavy atom. The van der Waals surface area contributed by atoms with Gasteiger partial charge in [-0.05, 0) is 64.3 Å². The average molecular weight is 246 g/mol. The zero-order chi connectivity index (χ0) is 12.8. The monoisotopic (exact) mass is 246 g/mol. The Balaban J connectivity index is 1.65. The lowest BCUT2D eigenvalue weighted by atomic mass is 10.0. The van der Waals surface area contributed by atoms with Gasteiger partial charge in [0.15, 0.2) is 0 Å². The highest BCUT2D eigenvalue weighted by atomic mass is 15.1. The van der Waals surface area contributed by atoms with E-state index in [0.29, 0.717) is 0 Å². The molecule has 1 unspecified atom stereocenters. The summed E-state index contributed by atoms with van der Waals surface area (Å²) in [5.41, 5.74) is 2.76. The molecule has 2 nitrogen and oxygen atoms in total. The Morgan fingerprint density at radius 3 is 2.72 bits per heavy atom. The fourth-order valence-electron chi connectivity index (χ4n) is 2.69. The molecular formula is C16H26N2. The van der Waals surface area contributed by atoms with Gasteiger partial charge in [0, 0.05) is 6.54 Å². The molecule has 2 heteroatoms. The first-order valence-corrected chi connectivity index (χ1v) is 7.19. The number of hydrogen-bond donors (Lipinski definition) is 1. The van der Waals surface area contributed by atoms with Gasteiger partial charge in [-0.2, -0.15) is 0 Å². The normalized spacial score (nSPS) is 19.6. The van der Waals surface area contributed by atoms with Crippen LogP contribution in [-0.4, -0.2) is 31.6 Å². The van der Waals surface area contributed by atoms with Gasteiger partial charge >= 0.3 is 0 Å². The largest absolute Gasteiger partial charge is 0.316 e. The molecule has 0 amide bonds. The van der Waals surface area contributed by atoms with Crippen LogP contribution in [0.5, 0.6) is 0 Å². The number of rotatable bonds is 6. The van der Waals surface area contributed by atoms with E-state index < -0.39 is 0 Å². The zero-order valence-corrected chi connectivity index (χ0v) is 11.8.